The summed E-state index contributed by atoms with van der Waals surface area (Å²) in [6, 6.07) is 3.76. The molecule has 3 nitrogen and oxygen atoms in total. The van der Waals surface area contributed by atoms with Gasteiger partial charge in [0.05, 0.1) is 11.7 Å². The number of hydrogen-bond acceptors (Lipinski definition) is 3. The third-order valence-electron chi connectivity index (χ3n) is 4.16. The Balaban J connectivity index is 1.73. The molecule has 1 aromatic rings. The maximum atomic E-state index is 13.8. The second kappa shape index (κ2) is 6.69. The zero-order valence-electron chi connectivity index (χ0n) is 12.4. The topological polar surface area (TPSA) is 36.4 Å². The molecular formula is C16H19F2N3S. The molecular weight excluding hydrogens is 304 g/mol. The van der Waals surface area contributed by atoms with E-state index in [1.165, 1.54) is 37.1 Å². The Labute approximate surface area is 133 Å². The summed E-state index contributed by atoms with van der Waals surface area (Å²) in [7, 11) is 0. The molecule has 0 radical (unpaired) electrons. The largest absolute Gasteiger partial charge is 0.298 e. The van der Waals surface area contributed by atoms with Gasteiger partial charge in [0.2, 0.25) is 0 Å². The van der Waals surface area contributed by atoms with Crippen LogP contribution in [0.15, 0.2) is 28.6 Å². The van der Waals surface area contributed by atoms with Gasteiger partial charge in [-0.2, -0.15) is 0 Å². The van der Waals surface area contributed by atoms with E-state index in [0.29, 0.717) is 17.7 Å². The fourth-order valence-corrected chi connectivity index (χ4v) is 3.55. The maximum Gasteiger partial charge on any atom is 0.180 e. The van der Waals surface area contributed by atoms with Gasteiger partial charge in [0.15, 0.2) is 5.17 Å². The van der Waals surface area contributed by atoms with E-state index >= 15 is 0 Å². The van der Waals surface area contributed by atoms with Crippen LogP contribution in [0, 0.1) is 17.6 Å². The lowest BCUT2D eigenvalue weighted by atomic mass is 9.86. The molecule has 1 fully saturated rings. The number of amidine groups is 1. The molecule has 0 saturated heterocycles. The minimum atomic E-state index is -0.459. The Hall–Kier alpha value is -1.56. The van der Waals surface area contributed by atoms with Crippen molar-refractivity contribution in [3.8, 4) is 0 Å². The van der Waals surface area contributed by atoms with Crippen LogP contribution >= 0.6 is 11.8 Å². The van der Waals surface area contributed by atoms with Gasteiger partial charge in [0.25, 0.3) is 0 Å². The van der Waals surface area contributed by atoms with E-state index in [0.717, 1.165) is 23.7 Å². The van der Waals surface area contributed by atoms with E-state index in [1.54, 1.807) is 5.41 Å². The van der Waals surface area contributed by atoms with E-state index in [-0.39, 0.29) is 5.56 Å². The molecule has 2 atom stereocenters. The van der Waals surface area contributed by atoms with Crippen LogP contribution in [-0.2, 0) is 0 Å². The van der Waals surface area contributed by atoms with Crippen molar-refractivity contribution in [2.75, 3.05) is 0 Å². The first kappa shape index (κ1) is 15.3. The molecule has 22 heavy (non-hydrogen) atoms. The number of benzene rings is 1. The number of thioether (sulfide) groups is 1. The van der Waals surface area contributed by atoms with Crippen LogP contribution < -0.4 is 10.9 Å². The van der Waals surface area contributed by atoms with Crippen molar-refractivity contribution >= 4 is 22.6 Å². The van der Waals surface area contributed by atoms with Crippen LogP contribution in [0.1, 0.15) is 38.2 Å². The summed E-state index contributed by atoms with van der Waals surface area (Å²) in [5.74, 6) is -0.321. The highest BCUT2D eigenvalue weighted by molar-refractivity contribution is 8.16. The van der Waals surface area contributed by atoms with Crippen molar-refractivity contribution in [3.05, 3.63) is 40.8 Å². The summed E-state index contributed by atoms with van der Waals surface area (Å²) in [4.78, 5) is 4.74. The van der Waals surface area contributed by atoms with Gasteiger partial charge in [-0.3, -0.25) is 15.8 Å². The summed E-state index contributed by atoms with van der Waals surface area (Å²) in [5, 5.41) is 2.54. The molecule has 0 bridgehead atoms. The van der Waals surface area contributed by atoms with Gasteiger partial charge in [-0.25, -0.2) is 8.78 Å². The number of rotatable bonds is 2. The summed E-state index contributed by atoms with van der Waals surface area (Å²) in [5.41, 5.74) is 6.62. The van der Waals surface area contributed by atoms with Gasteiger partial charge < -0.3 is 0 Å². The van der Waals surface area contributed by atoms with Gasteiger partial charge in [0, 0.05) is 11.0 Å². The Morgan fingerprint density at radius 2 is 2.00 bits per heavy atom. The number of hydrazine groups is 1. The van der Waals surface area contributed by atoms with Gasteiger partial charge >= 0.3 is 0 Å². The first-order chi connectivity index (χ1) is 10.6. The van der Waals surface area contributed by atoms with E-state index in [4.69, 9.17) is 4.99 Å². The zero-order chi connectivity index (χ0) is 15.5. The van der Waals surface area contributed by atoms with Crippen molar-refractivity contribution < 1.29 is 8.78 Å². The van der Waals surface area contributed by atoms with Crippen LogP contribution in [0.3, 0.4) is 0 Å². The molecule has 0 unspecified atom stereocenters. The molecule has 0 aromatic heterocycles. The van der Waals surface area contributed by atoms with E-state index in [9.17, 15) is 8.78 Å². The lowest BCUT2D eigenvalue weighted by molar-refractivity contribution is 0.332. The van der Waals surface area contributed by atoms with Crippen LogP contribution in [0.4, 0.5) is 8.78 Å². The molecule has 1 aromatic carbocycles. The highest BCUT2D eigenvalue weighted by atomic mass is 32.2. The van der Waals surface area contributed by atoms with Crippen molar-refractivity contribution in [2.24, 2.45) is 10.9 Å². The SMILES string of the molecule is C[C@@H]1CCCC[C@@H]1N=C1NNC(c2cc(F)ccc2F)=CS1. The summed E-state index contributed by atoms with van der Waals surface area (Å²) >= 11 is 1.40. The van der Waals surface area contributed by atoms with E-state index < -0.39 is 11.6 Å². The van der Waals surface area contributed by atoms with Crippen LogP contribution in [0.2, 0.25) is 0 Å². The predicted molar refractivity (Wildman–Crippen MR) is 87.1 cm³/mol. The van der Waals surface area contributed by atoms with E-state index in [1.807, 2.05) is 0 Å². The monoisotopic (exact) mass is 323 g/mol. The zero-order valence-corrected chi connectivity index (χ0v) is 13.2. The minimum absolute atomic E-state index is 0.213. The molecule has 1 aliphatic heterocycles. The number of hydrogen-bond donors (Lipinski definition) is 2. The third-order valence-corrected chi connectivity index (χ3v) is 4.94. The Morgan fingerprint density at radius 1 is 1.18 bits per heavy atom. The van der Waals surface area contributed by atoms with Gasteiger partial charge in [-0.1, -0.05) is 31.5 Å². The lowest BCUT2D eigenvalue weighted by Gasteiger charge is -2.27. The number of aliphatic imine (C=N–C) groups is 1. The minimum Gasteiger partial charge on any atom is -0.298 e. The summed E-state index contributed by atoms with van der Waals surface area (Å²) < 4.78 is 27.0. The van der Waals surface area contributed by atoms with Gasteiger partial charge in [0.1, 0.15) is 11.6 Å². The molecule has 2 N–H and O–H groups in total. The number of halogens is 2. The highest BCUT2D eigenvalue weighted by Gasteiger charge is 2.22. The van der Waals surface area contributed by atoms with Gasteiger partial charge in [-0.05, 0) is 37.0 Å². The van der Waals surface area contributed by atoms with Crippen LogP contribution in [0.25, 0.3) is 5.70 Å². The first-order valence-electron chi connectivity index (χ1n) is 7.55. The Kier molecular flexibility index (Phi) is 4.66. The fourth-order valence-electron chi connectivity index (χ4n) is 2.83. The average molecular weight is 323 g/mol. The summed E-state index contributed by atoms with van der Waals surface area (Å²) in [6.07, 6.45) is 4.83. The normalized spacial score (nSPS) is 27.0. The Morgan fingerprint density at radius 3 is 2.73 bits per heavy atom. The van der Waals surface area contributed by atoms with Crippen molar-refractivity contribution in [1.82, 2.24) is 10.9 Å². The fraction of sp³-hybridized carbons (Fsp3) is 0.438. The van der Waals surface area contributed by atoms with Crippen molar-refractivity contribution in [3.63, 3.8) is 0 Å². The molecule has 1 saturated carbocycles. The molecule has 1 heterocycles. The number of nitrogens with zero attached hydrogens (tertiary/aromatic N) is 1. The Bertz CT molecular complexity index is 615. The van der Waals surface area contributed by atoms with Crippen LogP contribution in [-0.4, -0.2) is 11.2 Å². The highest BCUT2D eigenvalue weighted by Crippen LogP contribution is 2.28. The number of nitrogens with one attached hydrogen (secondary N) is 2. The first-order valence-corrected chi connectivity index (χ1v) is 8.43. The van der Waals surface area contributed by atoms with Crippen LogP contribution in [0.5, 0.6) is 0 Å². The van der Waals surface area contributed by atoms with E-state index in [2.05, 4.69) is 17.8 Å². The van der Waals surface area contributed by atoms with Gasteiger partial charge in [-0.15, -0.1) is 0 Å². The smallest absolute Gasteiger partial charge is 0.180 e. The quantitative estimate of drug-likeness (QED) is 0.862. The molecule has 2 aliphatic rings. The van der Waals surface area contributed by atoms with Crippen molar-refractivity contribution in [1.29, 1.82) is 0 Å². The standard InChI is InChI=1S/C16H19F2N3S/c1-10-4-2-3-5-14(10)19-16-21-20-15(9-22-16)12-8-11(17)6-7-13(12)18/h6-10,14,20H,2-5H2,1H3,(H,19,21)/t10-,14+/m1/s1. The third kappa shape index (κ3) is 3.43. The maximum absolute atomic E-state index is 13.8. The molecule has 118 valence electrons. The average Bonchev–Trinajstić information content (AvgIpc) is 2.53. The molecule has 0 spiro atoms. The molecule has 6 heteroatoms. The lowest BCUT2D eigenvalue weighted by Crippen LogP contribution is -2.38. The predicted octanol–water partition coefficient (Wildman–Crippen LogP) is 4.04. The second-order valence-electron chi connectivity index (χ2n) is 5.79. The molecule has 3 rings (SSSR count). The van der Waals surface area contributed by atoms with Crippen molar-refractivity contribution in [2.45, 2.75) is 38.6 Å². The second-order valence-corrected chi connectivity index (χ2v) is 6.64. The molecule has 1 aliphatic carbocycles. The summed E-state index contributed by atoms with van der Waals surface area (Å²) in [6.45, 7) is 2.23. The molecule has 0 amide bonds.